The predicted octanol–water partition coefficient (Wildman–Crippen LogP) is 6.50. The lowest BCUT2D eigenvalue weighted by Crippen LogP contribution is -1.86. The summed E-state index contributed by atoms with van der Waals surface area (Å²) < 4.78 is 26.4. The van der Waals surface area contributed by atoms with E-state index in [0.717, 1.165) is 35.7 Å². The maximum Gasteiger partial charge on any atom is 0.159 e. The van der Waals surface area contributed by atoms with Crippen LogP contribution in [0.2, 0.25) is 0 Å². The highest BCUT2D eigenvalue weighted by molar-refractivity contribution is 5.82. The Morgan fingerprint density at radius 1 is 0.808 bits per heavy atom. The average Bonchev–Trinajstić information content (AvgIpc) is 2.68. The van der Waals surface area contributed by atoms with E-state index in [-0.39, 0.29) is 0 Å². The van der Waals surface area contributed by atoms with Crippen molar-refractivity contribution in [2.24, 2.45) is 4.99 Å². The van der Waals surface area contributed by atoms with Gasteiger partial charge in [-0.25, -0.2) is 8.78 Å². The number of rotatable bonds is 6. The van der Waals surface area contributed by atoms with Gasteiger partial charge < -0.3 is 0 Å². The lowest BCUT2D eigenvalue weighted by Gasteiger charge is -2.03. The van der Waals surface area contributed by atoms with Gasteiger partial charge in [-0.05, 0) is 59.4 Å². The Balaban J connectivity index is 1.69. The van der Waals surface area contributed by atoms with Crippen LogP contribution in [0.15, 0.2) is 84.4 Å². The summed E-state index contributed by atoms with van der Waals surface area (Å²) in [4.78, 5) is 4.46. The number of benzene rings is 3. The van der Waals surface area contributed by atoms with E-state index in [0.29, 0.717) is 5.56 Å². The van der Waals surface area contributed by atoms with E-state index in [1.165, 1.54) is 11.6 Å². The van der Waals surface area contributed by atoms with Crippen molar-refractivity contribution in [3.63, 3.8) is 0 Å². The molecule has 0 aliphatic carbocycles. The summed E-state index contributed by atoms with van der Waals surface area (Å²) in [5.41, 5.74) is 4.55. The zero-order valence-electron chi connectivity index (χ0n) is 14.3. The summed E-state index contributed by atoms with van der Waals surface area (Å²) in [5, 5.41) is 0. The Bertz CT molecular complexity index is 910. The fourth-order valence-corrected chi connectivity index (χ4v) is 2.60. The number of aliphatic imine (C=N–C) groups is 1. The molecule has 3 aromatic carbocycles. The fraction of sp³-hybridized carbons (Fsp3) is 0.0870. The van der Waals surface area contributed by atoms with Crippen LogP contribution in [0, 0.1) is 11.6 Å². The molecule has 0 unspecified atom stereocenters. The normalized spacial score (nSPS) is 11.0. The summed E-state index contributed by atoms with van der Waals surface area (Å²) in [5.74, 6) is -1.69. The monoisotopic (exact) mass is 347 g/mol. The molecule has 0 fully saturated rings. The van der Waals surface area contributed by atoms with Crippen LogP contribution < -0.4 is 0 Å². The molecule has 0 aliphatic heterocycles. The van der Waals surface area contributed by atoms with Gasteiger partial charge in [0, 0.05) is 6.21 Å². The van der Waals surface area contributed by atoms with Crippen LogP contribution in [-0.2, 0) is 6.42 Å². The molecule has 0 N–H and O–H groups in total. The molecule has 0 atom stereocenters. The second-order valence-electron chi connectivity index (χ2n) is 6.00. The molecule has 3 heteroatoms. The second-order valence-corrected chi connectivity index (χ2v) is 6.00. The summed E-state index contributed by atoms with van der Waals surface area (Å²) in [6.45, 7) is 3.73. The third-order valence-corrected chi connectivity index (χ3v) is 4.10. The molecule has 0 aliphatic rings. The largest absolute Gasteiger partial charge is 0.256 e. The Morgan fingerprint density at radius 3 is 2.15 bits per heavy atom. The fourth-order valence-electron chi connectivity index (χ4n) is 2.60. The molecular formula is C23H19F2N. The van der Waals surface area contributed by atoms with E-state index in [1.54, 1.807) is 6.07 Å². The molecule has 130 valence electrons. The number of hydrogen-bond acceptors (Lipinski definition) is 1. The summed E-state index contributed by atoms with van der Waals surface area (Å²) in [7, 11) is 0. The molecule has 3 rings (SSSR count). The van der Waals surface area contributed by atoms with Gasteiger partial charge in [-0.1, -0.05) is 48.5 Å². The highest BCUT2D eigenvalue weighted by atomic mass is 19.2. The number of aryl methyl sites for hydroxylation is 1. The van der Waals surface area contributed by atoms with Gasteiger partial charge in [0.15, 0.2) is 11.6 Å². The van der Waals surface area contributed by atoms with Gasteiger partial charge >= 0.3 is 0 Å². The maximum absolute atomic E-state index is 13.3. The first-order chi connectivity index (χ1) is 12.7. The summed E-state index contributed by atoms with van der Waals surface area (Å²) in [6, 6.07) is 19.6. The van der Waals surface area contributed by atoms with Gasteiger partial charge in [0.25, 0.3) is 0 Å². The molecule has 0 aromatic heterocycles. The minimum atomic E-state index is -0.846. The zero-order chi connectivity index (χ0) is 18.4. The highest BCUT2D eigenvalue weighted by Crippen LogP contribution is 2.24. The molecule has 26 heavy (non-hydrogen) atoms. The van der Waals surface area contributed by atoms with Crippen molar-refractivity contribution in [3.8, 4) is 11.1 Å². The Kier molecular flexibility index (Phi) is 5.69. The molecule has 0 amide bonds. The topological polar surface area (TPSA) is 12.4 Å². The van der Waals surface area contributed by atoms with Crippen LogP contribution in [0.25, 0.3) is 11.1 Å². The van der Waals surface area contributed by atoms with Crippen LogP contribution >= 0.6 is 0 Å². The van der Waals surface area contributed by atoms with Crippen molar-refractivity contribution < 1.29 is 8.78 Å². The molecule has 0 saturated heterocycles. The van der Waals surface area contributed by atoms with Crippen LogP contribution in [0.3, 0.4) is 0 Å². The van der Waals surface area contributed by atoms with Crippen LogP contribution in [-0.4, -0.2) is 6.21 Å². The van der Waals surface area contributed by atoms with Crippen molar-refractivity contribution in [1.29, 1.82) is 0 Å². The van der Waals surface area contributed by atoms with Crippen molar-refractivity contribution in [2.75, 3.05) is 0 Å². The molecule has 0 bridgehead atoms. The first-order valence-electron chi connectivity index (χ1n) is 8.45. The van der Waals surface area contributed by atoms with E-state index in [2.05, 4.69) is 23.7 Å². The third-order valence-electron chi connectivity index (χ3n) is 4.10. The molecule has 0 heterocycles. The van der Waals surface area contributed by atoms with E-state index in [4.69, 9.17) is 0 Å². The zero-order valence-corrected chi connectivity index (χ0v) is 14.3. The lowest BCUT2D eigenvalue weighted by molar-refractivity contribution is 0.509. The molecular weight excluding hydrogens is 328 g/mol. The summed E-state index contributed by atoms with van der Waals surface area (Å²) >= 11 is 0. The van der Waals surface area contributed by atoms with Crippen molar-refractivity contribution >= 4 is 11.9 Å². The first-order valence-corrected chi connectivity index (χ1v) is 8.45. The van der Waals surface area contributed by atoms with Crippen molar-refractivity contribution in [3.05, 3.63) is 102 Å². The number of hydrogen-bond donors (Lipinski definition) is 0. The Morgan fingerprint density at radius 2 is 1.50 bits per heavy atom. The number of halogens is 2. The van der Waals surface area contributed by atoms with E-state index < -0.39 is 11.6 Å². The SMILES string of the molecule is C=CCCc1ccc(C=Nc2ccc(-c3ccc(F)c(F)c3)cc2)cc1. The van der Waals surface area contributed by atoms with Gasteiger partial charge in [-0.3, -0.25) is 4.99 Å². The third kappa shape index (κ3) is 4.51. The first kappa shape index (κ1) is 17.7. The van der Waals surface area contributed by atoms with Crippen LogP contribution in [0.4, 0.5) is 14.5 Å². The van der Waals surface area contributed by atoms with Gasteiger partial charge in [0.05, 0.1) is 5.69 Å². The minimum Gasteiger partial charge on any atom is -0.256 e. The second kappa shape index (κ2) is 8.34. The average molecular weight is 347 g/mol. The van der Waals surface area contributed by atoms with Crippen LogP contribution in [0.1, 0.15) is 17.5 Å². The van der Waals surface area contributed by atoms with E-state index in [1.807, 2.05) is 48.7 Å². The van der Waals surface area contributed by atoms with Crippen molar-refractivity contribution in [2.45, 2.75) is 12.8 Å². The predicted molar refractivity (Wildman–Crippen MR) is 104 cm³/mol. The quantitative estimate of drug-likeness (QED) is 0.356. The van der Waals surface area contributed by atoms with Crippen LogP contribution in [0.5, 0.6) is 0 Å². The van der Waals surface area contributed by atoms with Gasteiger partial charge in [0.1, 0.15) is 0 Å². The van der Waals surface area contributed by atoms with Gasteiger partial charge in [0.2, 0.25) is 0 Å². The Hall–Kier alpha value is -3.07. The maximum atomic E-state index is 13.3. The Labute approximate surface area is 152 Å². The van der Waals surface area contributed by atoms with E-state index >= 15 is 0 Å². The number of allylic oxidation sites excluding steroid dienone is 1. The minimum absolute atomic E-state index is 0.634. The van der Waals surface area contributed by atoms with Gasteiger partial charge in [-0.15, -0.1) is 6.58 Å². The highest BCUT2D eigenvalue weighted by Gasteiger charge is 2.04. The number of nitrogens with zero attached hydrogens (tertiary/aromatic N) is 1. The molecule has 0 spiro atoms. The molecule has 1 nitrogen and oxygen atoms in total. The standard InChI is InChI=1S/C23H19F2N/c1-2-3-4-17-5-7-18(8-6-17)16-26-21-12-9-19(10-13-21)20-11-14-22(24)23(25)15-20/h2,5-16H,1,3-4H2. The molecule has 0 radical (unpaired) electrons. The van der Waals surface area contributed by atoms with E-state index in [9.17, 15) is 8.78 Å². The smallest absolute Gasteiger partial charge is 0.159 e. The van der Waals surface area contributed by atoms with Crippen molar-refractivity contribution in [1.82, 2.24) is 0 Å². The molecule has 3 aromatic rings. The molecule has 0 saturated carbocycles. The lowest BCUT2D eigenvalue weighted by atomic mass is 10.1. The van der Waals surface area contributed by atoms with Gasteiger partial charge in [-0.2, -0.15) is 0 Å². The summed E-state index contributed by atoms with van der Waals surface area (Å²) in [6.07, 6.45) is 5.69.